The van der Waals surface area contributed by atoms with Crippen molar-refractivity contribution in [2.24, 2.45) is 0 Å². The number of aryl methyl sites for hydroxylation is 1. The van der Waals surface area contributed by atoms with Gasteiger partial charge in [-0.25, -0.2) is 4.98 Å². The van der Waals surface area contributed by atoms with Crippen LogP contribution in [0.25, 0.3) is 11.3 Å². The third-order valence-corrected chi connectivity index (χ3v) is 3.18. The number of nitrogens with zero attached hydrogens (tertiary/aromatic N) is 1. The quantitative estimate of drug-likeness (QED) is 0.811. The summed E-state index contributed by atoms with van der Waals surface area (Å²) < 4.78 is 10.7. The number of hydrogen-bond acceptors (Lipinski definition) is 4. The first kappa shape index (κ1) is 13.8. The molecular formula is C15H20N2O2. The summed E-state index contributed by atoms with van der Waals surface area (Å²) in [6.07, 6.45) is 1.79. The molecule has 0 aliphatic carbocycles. The summed E-state index contributed by atoms with van der Waals surface area (Å²) in [4.78, 5) is 4.29. The smallest absolute Gasteiger partial charge is 0.208 e. The van der Waals surface area contributed by atoms with Crippen molar-refractivity contribution in [2.45, 2.75) is 20.4 Å². The highest BCUT2D eigenvalue weighted by Crippen LogP contribution is 2.25. The number of benzene rings is 1. The molecule has 0 spiro atoms. The molecule has 0 aliphatic heterocycles. The van der Waals surface area contributed by atoms with E-state index >= 15 is 0 Å². The summed E-state index contributed by atoms with van der Waals surface area (Å²) >= 11 is 0. The van der Waals surface area contributed by atoms with Crippen molar-refractivity contribution >= 4 is 0 Å². The number of ether oxygens (including phenoxy) is 1. The molecule has 1 aromatic carbocycles. The maximum Gasteiger partial charge on any atom is 0.208 e. The van der Waals surface area contributed by atoms with Crippen molar-refractivity contribution in [2.75, 3.05) is 20.3 Å². The van der Waals surface area contributed by atoms with Gasteiger partial charge in [-0.3, -0.25) is 0 Å². The minimum atomic E-state index is 0.619. The van der Waals surface area contributed by atoms with Crippen LogP contribution in [-0.2, 0) is 11.3 Å². The topological polar surface area (TPSA) is 47.3 Å². The Morgan fingerprint density at radius 3 is 2.95 bits per heavy atom. The molecule has 1 N–H and O–H groups in total. The largest absolute Gasteiger partial charge is 0.439 e. The second-order valence-corrected chi connectivity index (χ2v) is 4.54. The van der Waals surface area contributed by atoms with Crippen molar-refractivity contribution in [1.29, 1.82) is 0 Å². The molecule has 2 rings (SSSR count). The van der Waals surface area contributed by atoms with Gasteiger partial charge < -0.3 is 14.5 Å². The van der Waals surface area contributed by atoms with E-state index in [1.165, 1.54) is 11.1 Å². The first-order chi connectivity index (χ1) is 9.22. The minimum Gasteiger partial charge on any atom is -0.439 e. The zero-order chi connectivity index (χ0) is 13.7. The molecule has 0 aliphatic rings. The molecule has 19 heavy (non-hydrogen) atoms. The Morgan fingerprint density at radius 1 is 1.32 bits per heavy atom. The number of methoxy groups -OCH3 is 1. The standard InChI is InChI=1S/C15H20N2O2/c1-11-5-4-6-13(12(11)2)14-9-17-15(19-14)10-16-7-8-18-3/h4-6,9,16H,7-8,10H2,1-3H3. The van der Waals surface area contributed by atoms with E-state index in [2.05, 4.69) is 36.3 Å². The Morgan fingerprint density at radius 2 is 2.16 bits per heavy atom. The van der Waals surface area contributed by atoms with Crippen LogP contribution in [0.1, 0.15) is 17.0 Å². The summed E-state index contributed by atoms with van der Waals surface area (Å²) in [6.45, 7) is 6.29. The molecular weight excluding hydrogens is 240 g/mol. The Balaban J connectivity index is 2.06. The molecule has 1 aromatic heterocycles. The number of aromatic nitrogens is 1. The fourth-order valence-electron chi connectivity index (χ4n) is 1.90. The van der Waals surface area contributed by atoms with Crippen molar-refractivity contribution < 1.29 is 9.15 Å². The van der Waals surface area contributed by atoms with Crippen LogP contribution in [0.4, 0.5) is 0 Å². The summed E-state index contributed by atoms with van der Waals surface area (Å²) in [7, 11) is 1.69. The molecule has 102 valence electrons. The Labute approximate surface area is 113 Å². The summed E-state index contributed by atoms with van der Waals surface area (Å²) in [5.74, 6) is 1.52. The van der Waals surface area contributed by atoms with Gasteiger partial charge in [0.25, 0.3) is 0 Å². The molecule has 2 aromatic rings. The third-order valence-electron chi connectivity index (χ3n) is 3.18. The second-order valence-electron chi connectivity index (χ2n) is 4.54. The van der Waals surface area contributed by atoms with E-state index in [0.29, 0.717) is 19.0 Å². The second kappa shape index (κ2) is 6.50. The van der Waals surface area contributed by atoms with Gasteiger partial charge in [0.05, 0.1) is 19.3 Å². The lowest BCUT2D eigenvalue weighted by atomic mass is 10.0. The maximum absolute atomic E-state index is 5.77. The first-order valence-corrected chi connectivity index (χ1v) is 6.43. The average molecular weight is 260 g/mol. The van der Waals surface area contributed by atoms with Crippen LogP contribution in [-0.4, -0.2) is 25.2 Å². The first-order valence-electron chi connectivity index (χ1n) is 6.43. The Bertz CT molecular complexity index is 535. The summed E-state index contributed by atoms with van der Waals surface area (Å²) in [5, 5.41) is 3.21. The van der Waals surface area contributed by atoms with Crippen molar-refractivity contribution in [3.8, 4) is 11.3 Å². The molecule has 0 bridgehead atoms. The van der Waals surface area contributed by atoms with E-state index in [0.717, 1.165) is 17.9 Å². The zero-order valence-corrected chi connectivity index (χ0v) is 11.7. The van der Waals surface area contributed by atoms with E-state index in [9.17, 15) is 0 Å². The Kier molecular flexibility index (Phi) is 4.71. The summed E-state index contributed by atoms with van der Waals surface area (Å²) in [6, 6.07) is 6.20. The van der Waals surface area contributed by atoms with Gasteiger partial charge in [-0.2, -0.15) is 0 Å². The molecule has 0 saturated heterocycles. The molecule has 0 amide bonds. The van der Waals surface area contributed by atoms with Crippen molar-refractivity contribution in [3.63, 3.8) is 0 Å². The van der Waals surface area contributed by atoms with Crippen LogP contribution in [0.15, 0.2) is 28.8 Å². The molecule has 0 radical (unpaired) electrons. The lowest BCUT2D eigenvalue weighted by Crippen LogP contribution is -2.18. The summed E-state index contributed by atoms with van der Waals surface area (Å²) in [5.41, 5.74) is 3.60. The lowest BCUT2D eigenvalue weighted by Gasteiger charge is -2.05. The van der Waals surface area contributed by atoms with Gasteiger partial charge in [0.15, 0.2) is 5.76 Å². The van der Waals surface area contributed by atoms with Gasteiger partial charge in [-0.05, 0) is 25.0 Å². The van der Waals surface area contributed by atoms with Crippen LogP contribution >= 0.6 is 0 Å². The van der Waals surface area contributed by atoms with Gasteiger partial charge in [-0.1, -0.05) is 18.2 Å². The number of nitrogens with one attached hydrogen (secondary N) is 1. The van der Waals surface area contributed by atoms with Gasteiger partial charge in [0.2, 0.25) is 5.89 Å². The highest BCUT2D eigenvalue weighted by molar-refractivity contribution is 5.62. The van der Waals surface area contributed by atoms with E-state index in [-0.39, 0.29) is 0 Å². The van der Waals surface area contributed by atoms with E-state index < -0.39 is 0 Å². The van der Waals surface area contributed by atoms with Gasteiger partial charge >= 0.3 is 0 Å². The SMILES string of the molecule is COCCNCc1ncc(-c2cccc(C)c2C)o1. The maximum atomic E-state index is 5.77. The fourth-order valence-corrected chi connectivity index (χ4v) is 1.90. The molecule has 0 atom stereocenters. The van der Waals surface area contributed by atoms with E-state index in [1.54, 1.807) is 13.3 Å². The normalized spacial score (nSPS) is 10.9. The monoisotopic (exact) mass is 260 g/mol. The molecule has 4 nitrogen and oxygen atoms in total. The van der Waals surface area contributed by atoms with Gasteiger partial charge in [0.1, 0.15) is 0 Å². The highest BCUT2D eigenvalue weighted by atomic mass is 16.5. The van der Waals surface area contributed by atoms with Crippen LogP contribution in [0.2, 0.25) is 0 Å². The predicted octanol–water partition coefficient (Wildman–Crippen LogP) is 2.69. The van der Waals surface area contributed by atoms with Crippen molar-refractivity contribution in [3.05, 3.63) is 41.4 Å². The number of rotatable bonds is 6. The number of oxazole rings is 1. The third kappa shape index (κ3) is 3.43. The lowest BCUT2D eigenvalue weighted by molar-refractivity contribution is 0.198. The molecule has 0 fully saturated rings. The molecule has 0 unspecified atom stereocenters. The van der Waals surface area contributed by atoms with Crippen LogP contribution in [0.5, 0.6) is 0 Å². The van der Waals surface area contributed by atoms with E-state index in [1.807, 2.05) is 6.07 Å². The predicted molar refractivity (Wildman–Crippen MR) is 75.0 cm³/mol. The van der Waals surface area contributed by atoms with Crippen LogP contribution in [0.3, 0.4) is 0 Å². The van der Waals surface area contributed by atoms with Gasteiger partial charge in [-0.15, -0.1) is 0 Å². The van der Waals surface area contributed by atoms with Gasteiger partial charge in [0, 0.05) is 19.2 Å². The van der Waals surface area contributed by atoms with Crippen molar-refractivity contribution in [1.82, 2.24) is 10.3 Å². The molecule has 1 heterocycles. The average Bonchev–Trinajstić information content (AvgIpc) is 2.87. The fraction of sp³-hybridized carbons (Fsp3) is 0.400. The van der Waals surface area contributed by atoms with Crippen LogP contribution in [0, 0.1) is 13.8 Å². The molecule has 0 saturated carbocycles. The van der Waals surface area contributed by atoms with Crippen LogP contribution < -0.4 is 5.32 Å². The highest BCUT2D eigenvalue weighted by Gasteiger charge is 2.09. The number of hydrogen-bond donors (Lipinski definition) is 1. The zero-order valence-electron chi connectivity index (χ0n) is 11.7. The minimum absolute atomic E-state index is 0.619. The van der Waals surface area contributed by atoms with E-state index in [4.69, 9.17) is 9.15 Å². The molecule has 4 heteroatoms. The Hall–Kier alpha value is -1.65.